The van der Waals surface area contributed by atoms with Gasteiger partial charge in [0.15, 0.2) is 11.5 Å². The van der Waals surface area contributed by atoms with E-state index in [1.54, 1.807) is 24.3 Å². The lowest BCUT2D eigenvalue weighted by Crippen LogP contribution is -2.29. The van der Waals surface area contributed by atoms with Crippen LogP contribution in [0.3, 0.4) is 0 Å². The van der Waals surface area contributed by atoms with Crippen molar-refractivity contribution < 1.29 is 23.9 Å². The molecule has 0 radical (unpaired) electrons. The number of methoxy groups -OCH3 is 3. The maximum atomic E-state index is 12.1. The van der Waals surface area contributed by atoms with E-state index in [9.17, 15) is 14.9 Å². The molecule has 0 heterocycles. The van der Waals surface area contributed by atoms with E-state index in [2.05, 4.69) is 10.9 Å². The third-order valence-corrected chi connectivity index (χ3v) is 3.80. The van der Waals surface area contributed by atoms with Crippen molar-refractivity contribution in [1.82, 2.24) is 5.43 Å². The number of anilines is 1. The summed E-state index contributed by atoms with van der Waals surface area (Å²) in [5.74, 6) is 1.17. The zero-order valence-corrected chi connectivity index (χ0v) is 15.3. The smallest absolute Gasteiger partial charge is 0.294 e. The number of carbonyl (C=O) groups excluding carboxylic acids is 1. The van der Waals surface area contributed by atoms with Gasteiger partial charge >= 0.3 is 0 Å². The molecule has 0 bridgehead atoms. The minimum Gasteiger partial charge on any atom is -0.493 e. The van der Waals surface area contributed by atoms with Gasteiger partial charge in [-0.2, -0.15) is 0 Å². The maximum absolute atomic E-state index is 12.1. The van der Waals surface area contributed by atoms with Crippen molar-refractivity contribution in [1.29, 1.82) is 0 Å². The maximum Gasteiger partial charge on any atom is 0.294 e. The van der Waals surface area contributed by atoms with Crippen molar-refractivity contribution in [3.63, 3.8) is 0 Å². The molecule has 0 aliphatic rings. The number of carbonyl (C=O) groups is 1. The van der Waals surface area contributed by atoms with E-state index in [-0.39, 0.29) is 23.7 Å². The fourth-order valence-corrected chi connectivity index (χ4v) is 2.48. The molecule has 0 aromatic heterocycles. The number of nitrogens with one attached hydrogen (secondary N) is 2. The SMILES string of the molecule is COc1cc(CCC(=O)NNc2ccccc2[N+](=O)[O-])cc(OC)c1OC. The van der Waals surface area contributed by atoms with Gasteiger partial charge < -0.3 is 14.2 Å². The van der Waals surface area contributed by atoms with Crippen LogP contribution in [-0.2, 0) is 11.2 Å². The van der Waals surface area contributed by atoms with Crippen LogP contribution >= 0.6 is 0 Å². The molecule has 9 heteroatoms. The Morgan fingerprint density at radius 2 is 1.70 bits per heavy atom. The summed E-state index contributed by atoms with van der Waals surface area (Å²) in [6.45, 7) is 0. The lowest BCUT2D eigenvalue weighted by atomic mass is 10.1. The molecule has 1 amide bonds. The van der Waals surface area contributed by atoms with Gasteiger partial charge in [0.1, 0.15) is 5.69 Å². The second-order valence-electron chi connectivity index (χ2n) is 5.48. The molecule has 0 spiro atoms. The van der Waals surface area contributed by atoms with Crippen molar-refractivity contribution in [2.75, 3.05) is 26.8 Å². The Morgan fingerprint density at radius 3 is 2.26 bits per heavy atom. The highest BCUT2D eigenvalue weighted by Gasteiger charge is 2.15. The van der Waals surface area contributed by atoms with Gasteiger partial charge in [-0.15, -0.1) is 0 Å². The summed E-state index contributed by atoms with van der Waals surface area (Å²) in [7, 11) is 4.55. The molecule has 0 unspecified atom stereocenters. The number of para-hydroxylation sites is 2. The van der Waals surface area contributed by atoms with Crippen LogP contribution in [0.1, 0.15) is 12.0 Å². The van der Waals surface area contributed by atoms with Crippen molar-refractivity contribution in [2.24, 2.45) is 0 Å². The number of ether oxygens (including phenoxy) is 3. The first-order valence-corrected chi connectivity index (χ1v) is 8.07. The molecule has 2 rings (SSSR count). The normalized spacial score (nSPS) is 10.0. The Kier molecular flexibility index (Phi) is 6.81. The predicted molar refractivity (Wildman–Crippen MR) is 99.3 cm³/mol. The summed E-state index contributed by atoms with van der Waals surface area (Å²) in [6.07, 6.45) is 0.577. The topological polar surface area (TPSA) is 112 Å². The summed E-state index contributed by atoms with van der Waals surface area (Å²) < 4.78 is 15.8. The van der Waals surface area contributed by atoms with Crippen LogP contribution in [0.5, 0.6) is 17.2 Å². The first kappa shape index (κ1) is 19.8. The summed E-state index contributed by atoms with van der Waals surface area (Å²) in [5.41, 5.74) is 5.96. The lowest BCUT2D eigenvalue weighted by molar-refractivity contribution is -0.384. The second kappa shape index (κ2) is 9.27. The van der Waals surface area contributed by atoms with Gasteiger partial charge in [0.2, 0.25) is 11.7 Å². The van der Waals surface area contributed by atoms with E-state index in [1.165, 1.54) is 33.5 Å². The fourth-order valence-electron chi connectivity index (χ4n) is 2.48. The first-order chi connectivity index (χ1) is 13.0. The summed E-state index contributed by atoms with van der Waals surface area (Å²) in [4.78, 5) is 22.5. The van der Waals surface area contributed by atoms with E-state index >= 15 is 0 Å². The molecule has 2 aromatic carbocycles. The molecule has 0 aliphatic heterocycles. The number of nitro benzene ring substituents is 1. The Labute approximate surface area is 156 Å². The lowest BCUT2D eigenvalue weighted by Gasteiger charge is -2.14. The van der Waals surface area contributed by atoms with Gasteiger partial charge in [-0.3, -0.25) is 25.8 Å². The van der Waals surface area contributed by atoms with Crippen LogP contribution < -0.4 is 25.1 Å². The van der Waals surface area contributed by atoms with Gasteiger partial charge in [0, 0.05) is 12.5 Å². The number of benzene rings is 2. The highest BCUT2D eigenvalue weighted by molar-refractivity contribution is 5.78. The van der Waals surface area contributed by atoms with E-state index < -0.39 is 4.92 Å². The average molecular weight is 375 g/mol. The molecule has 0 atom stereocenters. The van der Waals surface area contributed by atoms with Gasteiger partial charge in [-0.25, -0.2) is 0 Å². The van der Waals surface area contributed by atoms with Crippen LogP contribution in [-0.4, -0.2) is 32.2 Å². The van der Waals surface area contributed by atoms with Crippen molar-refractivity contribution in [2.45, 2.75) is 12.8 Å². The molecule has 0 saturated carbocycles. The molecule has 9 nitrogen and oxygen atoms in total. The number of amides is 1. The van der Waals surface area contributed by atoms with Crippen molar-refractivity contribution in [3.05, 3.63) is 52.1 Å². The number of hydrogen-bond donors (Lipinski definition) is 2. The van der Waals surface area contributed by atoms with Crippen molar-refractivity contribution in [3.8, 4) is 17.2 Å². The Morgan fingerprint density at radius 1 is 1.07 bits per heavy atom. The quantitative estimate of drug-likeness (QED) is 0.512. The number of rotatable bonds is 9. The Balaban J connectivity index is 1.99. The summed E-state index contributed by atoms with van der Waals surface area (Å²) in [5, 5.41) is 11.0. The molecule has 0 fully saturated rings. The number of nitrogens with zero attached hydrogens (tertiary/aromatic N) is 1. The minimum atomic E-state index is -0.523. The third-order valence-electron chi connectivity index (χ3n) is 3.80. The molecule has 2 N–H and O–H groups in total. The monoisotopic (exact) mass is 375 g/mol. The molecule has 27 heavy (non-hydrogen) atoms. The van der Waals surface area contributed by atoms with Gasteiger partial charge in [-0.05, 0) is 30.2 Å². The molecule has 2 aromatic rings. The van der Waals surface area contributed by atoms with Gasteiger partial charge in [0.05, 0.1) is 26.3 Å². The average Bonchev–Trinajstić information content (AvgIpc) is 2.69. The third kappa shape index (κ3) is 5.00. The number of aryl methyl sites for hydroxylation is 1. The minimum absolute atomic E-state index is 0.123. The predicted octanol–water partition coefficient (Wildman–Crippen LogP) is 2.70. The van der Waals surface area contributed by atoms with E-state index in [0.717, 1.165) is 5.56 Å². The van der Waals surface area contributed by atoms with E-state index in [1.807, 2.05) is 0 Å². The standard InChI is InChI=1S/C18H21N3O6/c1-25-15-10-12(11-16(26-2)18(15)27-3)8-9-17(22)20-19-13-6-4-5-7-14(13)21(23)24/h4-7,10-11,19H,8-9H2,1-3H3,(H,20,22). The number of nitro groups is 1. The zero-order chi connectivity index (χ0) is 19.8. The molecular formula is C18H21N3O6. The van der Waals surface area contributed by atoms with E-state index in [0.29, 0.717) is 23.7 Å². The molecule has 0 saturated heterocycles. The first-order valence-electron chi connectivity index (χ1n) is 8.07. The van der Waals surface area contributed by atoms with Crippen LogP contribution in [0, 0.1) is 10.1 Å². The van der Waals surface area contributed by atoms with Gasteiger partial charge in [0.25, 0.3) is 5.69 Å². The largest absolute Gasteiger partial charge is 0.493 e. The Bertz CT molecular complexity index is 799. The Hall–Kier alpha value is -3.49. The highest BCUT2D eigenvalue weighted by atomic mass is 16.6. The summed E-state index contributed by atoms with van der Waals surface area (Å²) in [6, 6.07) is 9.59. The van der Waals surface area contributed by atoms with Crippen LogP contribution in [0.2, 0.25) is 0 Å². The molecule has 144 valence electrons. The zero-order valence-electron chi connectivity index (χ0n) is 15.3. The molecule has 0 aliphatic carbocycles. The highest BCUT2D eigenvalue weighted by Crippen LogP contribution is 2.38. The van der Waals surface area contributed by atoms with Crippen LogP contribution in [0.4, 0.5) is 11.4 Å². The van der Waals surface area contributed by atoms with E-state index in [4.69, 9.17) is 14.2 Å². The summed E-state index contributed by atoms with van der Waals surface area (Å²) >= 11 is 0. The fraction of sp³-hybridized carbons (Fsp3) is 0.278. The van der Waals surface area contributed by atoms with Gasteiger partial charge in [-0.1, -0.05) is 12.1 Å². The second-order valence-corrected chi connectivity index (χ2v) is 5.48. The number of hydrazine groups is 1. The van der Waals surface area contributed by atoms with Crippen molar-refractivity contribution >= 4 is 17.3 Å². The molecular weight excluding hydrogens is 354 g/mol. The number of hydrogen-bond acceptors (Lipinski definition) is 7. The van der Waals surface area contributed by atoms with Crippen LogP contribution in [0.25, 0.3) is 0 Å². The van der Waals surface area contributed by atoms with Crippen LogP contribution in [0.15, 0.2) is 36.4 Å².